The van der Waals surface area contributed by atoms with Crippen molar-refractivity contribution >= 4 is 0 Å². The van der Waals surface area contributed by atoms with Gasteiger partial charge in [0, 0.05) is 13.1 Å². The summed E-state index contributed by atoms with van der Waals surface area (Å²) in [6.07, 6.45) is 8.60. The van der Waals surface area contributed by atoms with Crippen LogP contribution in [0.25, 0.3) is 0 Å². The van der Waals surface area contributed by atoms with E-state index < -0.39 is 0 Å². The number of nitrogens with zero attached hydrogens (tertiary/aromatic N) is 1. The van der Waals surface area contributed by atoms with Crippen molar-refractivity contribution in [3.8, 4) is 0 Å². The molecule has 2 fully saturated rings. The van der Waals surface area contributed by atoms with Gasteiger partial charge in [-0.1, -0.05) is 6.92 Å². The molecule has 2 aliphatic rings. The lowest BCUT2D eigenvalue weighted by Crippen LogP contribution is -2.29. The molecule has 1 unspecified atom stereocenters. The van der Waals surface area contributed by atoms with E-state index in [1.54, 1.807) is 0 Å². The second-order valence-electron chi connectivity index (χ2n) is 6.13. The fourth-order valence-electron chi connectivity index (χ4n) is 2.37. The van der Waals surface area contributed by atoms with Crippen LogP contribution in [0.5, 0.6) is 0 Å². The molecule has 0 bridgehead atoms. The monoisotopic (exact) mass is 224 g/mol. The summed E-state index contributed by atoms with van der Waals surface area (Å²) in [5, 5.41) is 0. The van der Waals surface area contributed by atoms with Crippen molar-refractivity contribution in [1.82, 2.24) is 4.90 Å². The molecule has 2 saturated carbocycles. The minimum absolute atomic E-state index is 0.712. The lowest BCUT2D eigenvalue weighted by molar-refractivity contribution is 0.243. The van der Waals surface area contributed by atoms with Gasteiger partial charge < -0.3 is 10.6 Å². The first-order chi connectivity index (χ1) is 7.78. The van der Waals surface area contributed by atoms with Gasteiger partial charge in [-0.15, -0.1) is 0 Å². The molecule has 0 aliphatic heterocycles. The molecule has 2 nitrogen and oxygen atoms in total. The molecule has 2 aliphatic carbocycles. The molecular weight excluding hydrogens is 196 g/mol. The highest BCUT2D eigenvalue weighted by Gasteiger charge is 2.28. The van der Waals surface area contributed by atoms with Crippen molar-refractivity contribution in [1.29, 1.82) is 0 Å². The van der Waals surface area contributed by atoms with Gasteiger partial charge in [0.25, 0.3) is 0 Å². The molecule has 2 rings (SSSR count). The molecule has 0 radical (unpaired) electrons. The number of nitrogens with two attached hydrogens (primary N) is 1. The Bertz CT molecular complexity index is 183. The maximum absolute atomic E-state index is 5.66. The highest BCUT2D eigenvalue weighted by Crippen LogP contribution is 2.33. The third kappa shape index (κ3) is 4.84. The fourth-order valence-corrected chi connectivity index (χ4v) is 2.37. The SMILES string of the molecule is CC(CN)CCCN(CC1CC1)CC1CC1. The van der Waals surface area contributed by atoms with E-state index in [-0.39, 0.29) is 0 Å². The first kappa shape index (κ1) is 12.4. The largest absolute Gasteiger partial charge is 0.330 e. The van der Waals surface area contributed by atoms with Crippen molar-refractivity contribution in [2.45, 2.75) is 45.4 Å². The lowest BCUT2D eigenvalue weighted by Gasteiger charge is -2.22. The molecule has 0 saturated heterocycles. The van der Waals surface area contributed by atoms with Crippen LogP contribution in [0.1, 0.15) is 45.4 Å². The first-order valence-corrected chi connectivity index (χ1v) is 7.20. The summed E-state index contributed by atoms with van der Waals surface area (Å²) in [5.41, 5.74) is 5.66. The van der Waals surface area contributed by atoms with Crippen LogP contribution in [0.3, 0.4) is 0 Å². The standard InChI is InChI=1S/C14H28N2/c1-12(9-15)3-2-8-16(10-13-4-5-13)11-14-6-7-14/h12-14H,2-11,15H2,1H3. The molecule has 0 heterocycles. The van der Waals surface area contributed by atoms with E-state index in [1.165, 1.54) is 58.2 Å². The predicted molar refractivity (Wildman–Crippen MR) is 69.3 cm³/mol. The Morgan fingerprint density at radius 2 is 1.69 bits per heavy atom. The summed E-state index contributed by atoms with van der Waals surface area (Å²) in [7, 11) is 0. The molecule has 0 aromatic carbocycles. The van der Waals surface area contributed by atoms with Crippen molar-refractivity contribution < 1.29 is 0 Å². The number of hydrogen-bond donors (Lipinski definition) is 1. The molecule has 2 heteroatoms. The van der Waals surface area contributed by atoms with Crippen molar-refractivity contribution in [2.75, 3.05) is 26.2 Å². The Morgan fingerprint density at radius 3 is 2.12 bits per heavy atom. The van der Waals surface area contributed by atoms with Gasteiger partial charge in [-0.05, 0) is 69.4 Å². The number of hydrogen-bond acceptors (Lipinski definition) is 2. The third-order valence-electron chi connectivity index (χ3n) is 4.00. The van der Waals surface area contributed by atoms with Crippen LogP contribution in [0.4, 0.5) is 0 Å². The molecule has 0 aromatic heterocycles. The Kier molecular flexibility index (Phi) is 4.66. The van der Waals surface area contributed by atoms with E-state index in [9.17, 15) is 0 Å². The van der Waals surface area contributed by atoms with Crippen molar-refractivity contribution in [3.63, 3.8) is 0 Å². The van der Waals surface area contributed by atoms with E-state index in [2.05, 4.69) is 11.8 Å². The summed E-state index contributed by atoms with van der Waals surface area (Å²) < 4.78 is 0. The summed E-state index contributed by atoms with van der Waals surface area (Å²) in [6.45, 7) is 7.20. The van der Waals surface area contributed by atoms with Crippen LogP contribution in [-0.4, -0.2) is 31.1 Å². The van der Waals surface area contributed by atoms with Crippen LogP contribution in [0.2, 0.25) is 0 Å². The van der Waals surface area contributed by atoms with Crippen LogP contribution < -0.4 is 5.73 Å². The summed E-state index contributed by atoms with van der Waals surface area (Å²) >= 11 is 0. The van der Waals surface area contributed by atoms with Crippen LogP contribution in [0, 0.1) is 17.8 Å². The van der Waals surface area contributed by atoms with E-state index in [0.29, 0.717) is 5.92 Å². The Balaban J connectivity index is 1.60. The van der Waals surface area contributed by atoms with Gasteiger partial charge in [0.2, 0.25) is 0 Å². The molecule has 16 heavy (non-hydrogen) atoms. The zero-order valence-corrected chi connectivity index (χ0v) is 10.8. The van der Waals surface area contributed by atoms with E-state index in [0.717, 1.165) is 18.4 Å². The highest BCUT2D eigenvalue weighted by atomic mass is 15.1. The normalized spacial score (nSPS) is 22.7. The smallest absolute Gasteiger partial charge is 0.000978 e. The van der Waals surface area contributed by atoms with Crippen molar-refractivity contribution in [3.05, 3.63) is 0 Å². The lowest BCUT2D eigenvalue weighted by atomic mass is 10.1. The van der Waals surface area contributed by atoms with Gasteiger partial charge in [0.05, 0.1) is 0 Å². The fraction of sp³-hybridized carbons (Fsp3) is 1.00. The Hall–Kier alpha value is -0.0800. The van der Waals surface area contributed by atoms with Crippen LogP contribution in [0.15, 0.2) is 0 Å². The number of rotatable bonds is 9. The topological polar surface area (TPSA) is 29.3 Å². The molecular formula is C14H28N2. The maximum Gasteiger partial charge on any atom is 0.000978 e. The average Bonchev–Trinajstić information content (AvgIpc) is 3.12. The van der Waals surface area contributed by atoms with Gasteiger partial charge in [-0.25, -0.2) is 0 Å². The molecule has 2 N–H and O–H groups in total. The summed E-state index contributed by atoms with van der Waals surface area (Å²) in [4.78, 5) is 2.73. The van der Waals surface area contributed by atoms with Gasteiger partial charge >= 0.3 is 0 Å². The summed E-state index contributed by atoms with van der Waals surface area (Å²) in [5.74, 6) is 2.81. The summed E-state index contributed by atoms with van der Waals surface area (Å²) in [6, 6.07) is 0. The first-order valence-electron chi connectivity index (χ1n) is 7.20. The average molecular weight is 224 g/mol. The molecule has 94 valence electrons. The minimum atomic E-state index is 0.712. The highest BCUT2D eigenvalue weighted by molar-refractivity contribution is 4.82. The Morgan fingerprint density at radius 1 is 1.12 bits per heavy atom. The molecule has 0 spiro atoms. The second-order valence-corrected chi connectivity index (χ2v) is 6.13. The van der Waals surface area contributed by atoms with Crippen LogP contribution in [-0.2, 0) is 0 Å². The van der Waals surface area contributed by atoms with Gasteiger partial charge in [0.15, 0.2) is 0 Å². The van der Waals surface area contributed by atoms with Gasteiger partial charge in [-0.2, -0.15) is 0 Å². The molecule has 0 amide bonds. The quantitative estimate of drug-likeness (QED) is 0.652. The van der Waals surface area contributed by atoms with E-state index >= 15 is 0 Å². The van der Waals surface area contributed by atoms with Crippen molar-refractivity contribution in [2.24, 2.45) is 23.5 Å². The van der Waals surface area contributed by atoms with E-state index in [1.807, 2.05) is 0 Å². The predicted octanol–water partition coefficient (Wildman–Crippen LogP) is 2.48. The van der Waals surface area contributed by atoms with Crippen LogP contribution >= 0.6 is 0 Å². The molecule has 0 aromatic rings. The van der Waals surface area contributed by atoms with Gasteiger partial charge in [-0.3, -0.25) is 0 Å². The second kappa shape index (κ2) is 6.02. The zero-order chi connectivity index (χ0) is 11.4. The molecule has 1 atom stereocenters. The maximum atomic E-state index is 5.66. The minimum Gasteiger partial charge on any atom is -0.330 e. The Labute approximate surface area is 101 Å². The third-order valence-corrected chi connectivity index (χ3v) is 4.00. The zero-order valence-electron chi connectivity index (χ0n) is 10.8. The van der Waals surface area contributed by atoms with E-state index in [4.69, 9.17) is 5.73 Å². The van der Waals surface area contributed by atoms with Gasteiger partial charge in [0.1, 0.15) is 0 Å².